The quantitative estimate of drug-likeness (QED) is 0.428. The number of hydrogen-bond donors (Lipinski definition) is 3. The highest BCUT2D eigenvalue weighted by molar-refractivity contribution is 14.1. The Bertz CT molecular complexity index is 171. The van der Waals surface area contributed by atoms with Gasteiger partial charge in [-0.2, -0.15) is 20.3 Å². The van der Waals surface area contributed by atoms with E-state index in [0.29, 0.717) is 0 Å². The van der Waals surface area contributed by atoms with Crippen LogP contribution in [0.4, 0.5) is 0 Å². The standard InChI is InChI=1S/C6H11O5.Al.HI.H/c1-2-3(7)4(8)5(9)6(10)11-2;;;/h2-9H,1H3;;1H;/q-1;+2;;/p-1/t2?,3-,4-,5?,6+;;;/m0.../s1. The Morgan fingerprint density at radius 3 is 2.38 bits per heavy atom. The molecule has 1 fully saturated rings. The maximum Gasteiger partial charge on any atom is 0.527 e. The molecule has 1 heterocycles. The Hall–Kier alpha value is 1.06. The molecule has 3 N–H and O–H groups in total. The van der Waals surface area contributed by atoms with E-state index in [9.17, 15) is 15.3 Å². The molecule has 0 radical (unpaired) electrons. The molecule has 2 unspecified atom stereocenters. The van der Waals surface area contributed by atoms with Gasteiger partial charge in [-0.15, -0.1) is 0 Å². The van der Waals surface area contributed by atoms with E-state index in [0.717, 1.165) is 0 Å². The summed E-state index contributed by atoms with van der Waals surface area (Å²) in [6, 6.07) is 0. The van der Waals surface area contributed by atoms with Crippen molar-refractivity contribution in [2.24, 2.45) is 0 Å². The first-order chi connectivity index (χ1) is 6.07. The van der Waals surface area contributed by atoms with E-state index in [1.807, 2.05) is 0 Å². The first-order valence-corrected chi connectivity index (χ1v) is 9.64. The van der Waals surface area contributed by atoms with Gasteiger partial charge >= 0.3 is 12.3 Å². The summed E-state index contributed by atoms with van der Waals surface area (Å²) in [6.45, 7) is 1.63. The Kier molecular flexibility index (Phi) is 4.88. The lowest BCUT2D eigenvalue weighted by atomic mass is 10.0. The van der Waals surface area contributed by atoms with Gasteiger partial charge in [0.1, 0.15) is 18.3 Å². The van der Waals surface area contributed by atoms with Crippen LogP contribution >= 0.6 is 20.3 Å². The van der Waals surface area contributed by atoms with Gasteiger partial charge in [0.15, 0.2) is 6.29 Å². The normalized spacial score (nSPS) is 46.1. The lowest BCUT2D eigenvalue weighted by Crippen LogP contribution is -2.57. The van der Waals surface area contributed by atoms with Crippen molar-refractivity contribution in [2.45, 2.75) is 37.6 Å². The highest BCUT2D eigenvalue weighted by Crippen LogP contribution is 2.21. The molecule has 5 atom stereocenters. The fourth-order valence-corrected chi connectivity index (χ4v) is 2.68. The van der Waals surface area contributed by atoms with Crippen LogP contribution in [0.25, 0.3) is 0 Å². The fourth-order valence-electron chi connectivity index (χ4n) is 1.21. The van der Waals surface area contributed by atoms with Crippen LogP contribution in [0.15, 0.2) is 0 Å². The van der Waals surface area contributed by atoms with Crippen molar-refractivity contribution in [3.63, 3.8) is 0 Å². The molecule has 0 bridgehead atoms. The number of ether oxygens (including phenoxy) is 1. The number of halogens is 1. The maximum absolute atomic E-state index is 9.42. The first-order valence-electron chi connectivity index (χ1n) is 3.95. The van der Waals surface area contributed by atoms with Gasteiger partial charge in [-0.3, -0.25) is 0 Å². The Morgan fingerprint density at radius 1 is 1.23 bits per heavy atom. The van der Waals surface area contributed by atoms with Gasteiger partial charge < -0.3 is 23.8 Å². The topological polar surface area (TPSA) is 79.2 Å². The molecule has 1 rings (SSSR count). The number of aliphatic hydroxyl groups is 3. The van der Waals surface area contributed by atoms with E-state index in [1.54, 1.807) is 6.92 Å². The van der Waals surface area contributed by atoms with Gasteiger partial charge in [0, 0.05) is 0 Å². The molecule has 5 nitrogen and oxygen atoms in total. The number of aliphatic hydroxyl groups excluding tert-OH is 3. The zero-order valence-corrected chi connectivity index (χ0v) is 10.7. The highest BCUT2D eigenvalue weighted by Gasteiger charge is 2.41. The van der Waals surface area contributed by atoms with E-state index in [4.69, 9.17) is 8.53 Å². The second-order valence-electron chi connectivity index (χ2n) is 2.96. The van der Waals surface area contributed by atoms with Crippen molar-refractivity contribution in [1.29, 1.82) is 0 Å². The lowest BCUT2D eigenvalue weighted by molar-refractivity contribution is -0.267. The maximum atomic E-state index is 9.42. The largest absolute Gasteiger partial charge is 0.527 e. The van der Waals surface area contributed by atoms with Crippen LogP contribution in [0, 0.1) is 0 Å². The molecule has 76 valence electrons. The predicted molar refractivity (Wildman–Crippen MR) is 54.6 cm³/mol. The third kappa shape index (κ3) is 2.76. The molecular weight excluding hydrogens is 306 g/mol. The highest BCUT2D eigenvalue weighted by atomic mass is 127. The second kappa shape index (κ2) is 5.23. The Labute approximate surface area is 93.8 Å². The average Bonchev–Trinajstić information content (AvgIpc) is 2.11. The third-order valence-electron chi connectivity index (χ3n) is 2.04. The summed E-state index contributed by atoms with van der Waals surface area (Å²) in [5.41, 5.74) is 0. The molecule has 7 heteroatoms. The molecule has 1 aliphatic rings. The van der Waals surface area contributed by atoms with Crippen molar-refractivity contribution >= 4 is 32.5 Å². The monoisotopic (exact) mass is 318 g/mol. The summed E-state index contributed by atoms with van der Waals surface area (Å²) in [5.74, 6) is 0. The lowest BCUT2D eigenvalue weighted by Gasteiger charge is -2.39. The molecular formula is C6H12AlIO5. The van der Waals surface area contributed by atoms with Crippen LogP contribution in [-0.2, 0) is 8.53 Å². The summed E-state index contributed by atoms with van der Waals surface area (Å²) in [7, 11) is 0. The zero-order valence-electron chi connectivity index (χ0n) is 7.13. The van der Waals surface area contributed by atoms with E-state index < -0.39 is 43.0 Å². The summed E-state index contributed by atoms with van der Waals surface area (Å²) < 4.78 is 10.3. The molecule has 1 aliphatic heterocycles. The molecule has 13 heavy (non-hydrogen) atoms. The summed E-state index contributed by atoms with van der Waals surface area (Å²) in [4.78, 5) is 0. The molecule has 0 aliphatic carbocycles. The second-order valence-corrected chi connectivity index (χ2v) is 5.38. The van der Waals surface area contributed by atoms with Crippen LogP contribution in [0.3, 0.4) is 0 Å². The van der Waals surface area contributed by atoms with Gasteiger partial charge in [-0.25, -0.2) is 0 Å². The summed E-state index contributed by atoms with van der Waals surface area (Å²) in [5, 5.41) is 28.1. The van der Waals surface area contributed by atoms with Gasteiger partial charge in [0.05, 0.1) is 6.10 Å². The minimum absolute atomic E-state index is 0.514. The smallest absolute Gasteiger partial charge is 0.470 e. The van der Waals surface area contributed by atoms with E-state index in [2.05, 4.69) is 20.3 Å². The fraction of sp³-hybridized carbons (Fsp3) is 1.00. The van der Waals surface area contributed by atoms with Crippen LogP contribution in [-0.4, -0.2) is 58.3 Å². The van der Waals surface area contributed by atoms with Crippen LogP contribution < -0.4 is 0 Å². The van der Waals surface area contributed by atoms with Gasteiger partial charge in [0.2, 0.25) is 0 Å². The van der Waals surface area contributed by atoms with Crippen molar-refractivity contribution < 1.29 is 23.8 Å². The molecule has 0 amide bonds. The van der Waals surface area contributed by atoms with Crippen molar-refractivity contribution in [3.05, 3.63) is 0 Å². The molecule has 0 spiro atoms. The van der Waals surface area contributed by atoms with E-state index in [1.165, 1.54) is 0 Å². The van der Waals surface area contributed by atoms with Crippen LogP contribution in [0.5, 0.6) is 0 Å². The molecule has 0 aromatic rings. The van der Waals surface area contributed by atoms with Gasteiger partial charge in [-0.05, 0) is 6.92 Å². The first kappa shape index (κ1) is 12.1. The predicted octanol–water partition coefficient (Wildman–Crippen LogP) is -1.47. The SMILES string of the molecule is CC1O[C@@H]([O][AlH][I])C(O)[C@@H](O)[C@H]1O. The molecule has 1 saturated heterocycles. The van der Waals surface area contributed by atoms with E-state index >= 15 is 0 Å². The summed E-state index contributed by atoms with van der Waals surface area (Å²) in [6.07, 6.45) is -4.71. The van der Waals surface area contributed by atoms with Crippen molar-refractivity contribution in [3.8, 4) is 0 Å². The molecule has 0 aromatic heterocycles. The third-order valence-corrected chi connectivity index (χ3v) is 3.57. The van der Waals surface area contributed by atoms with E-state index in [-0.39, 0.29) is 0 Å². The summed E-state index contributed by atoms with van der Waals surface area (Å²) >= 11 is 1.37. The average molecular weight is 318 g/mol. The van der Waals surface area contributed by atoms with Gasteiger partial charge in [-0.1, -0.05) is 0 Å². The van der Waals surface area contributed by atoms with Crippen molar-refractivity contribution in [1.82, 2.24) is 0 Å². The van der Waals surface area contributed by atoms with Gasteiger partial charge in [0.25, 0.3) is 0 Å². The Morgan fingerprint density at radius 2 is 1.85 bits per heavy atom. The number of hydrogen-bond acceptors (Lipinski definition) is 5. The van der Waals surface area contributed by atoms with Crippen molar-refractivity contribution in [2.75, 3.05) is 0 Å². The van der Waals surface area contributed by atoms with Crippen LogP contribution in [0.2, 0.25) is 0 Å². The number of rotatable bonds is 2. The zero-order chi connectivity index (χ0) is 10.0. The Balaban J connectivity index is 2.59. The van der Waals surface area contributed by atoms with Crippen LogP contribution in [0.1, 0.15) is 6.92 Å². The minimum atomic E-state index is -1.19. The molecule has 0 aromatic carbocycles. The molecule has 0 saturated carbocycles. The minimum Gasteiger partial charge on any atom is -0.470 e.